The minimum Gasteiger partial charge on any atom is -0.479 e. The molecule has 1 heterocycles. The summed E-state index contributed by atoms with van der Waals surface area (Å²) in [6.07, 6.45) is 0.717. The number of alkyl carbamates (subject to hydrolysis) is 1. The first kappa shape index (κ1) is 15.0. The van der Waals surface area contributed by atoms with Crippen LogP contribution in [0.25, 0.3) is 0 Å². The van der Waals surface area contributed by atoms with Gasteiger partial charge in [0.25, 0.3) is 0 Å². The number of nitrogens with one attached hydrogen (secondary N) is 1. The van der Waals surface area contributed by atoms with Crippen molar-refractivity contribution in [2.45, 2.75) is 45.9 Å². The van der Waals surface area contributed by atoms with E-state index in [4.69, 9.17) is 4.74 Å². The third-order valence-electron chi connectivity index (χ3n) is 2.25. The van der Waals surface area contributed by atoms with Crippen molar-refractivity contribution in [3.05, 3.63) is 18.0 Å². The number of carbonyl (C=O) groups is 2. The molecule has 1 aromatic heterocycles. The molecule has 0 aliphatic rings. The number of nitrogens with zero attached hydrogens (tertiary/aromatic N) is 2. The van der Waals surface area contributed by atoms with Crippen LogP contribution in [0.2, 0.25) is 0 Å². The van der Waals surface area contributed by atoms with Gasteiger partial charge in [-0.1, -0.05) is 0 Å². The van der Waals surface area contributed by atoms with Gasteiger partial charge in [-0.25, -0.2) is 9.59 Å². The number of rotatable bonds is 4. The lowest BCUT2D eigenvalue weighted by Gasteiger charge is -2.22. The molecule has 0 spiro atoms. The van der Waals surface area contributed by atoms with E-state index in [9.17, 15) is 14.7 Å². The molecule has 0 bridgehead atoms. The molecule has 1 aromatic rings. The summed E-state index contributed by atoms with van der Waals surface area (Å²) >= 11 is 0. The summed E-state index contributed by atoms with van der Waals surface area (Å²) in [7, 11) is 0. The molecule has 1 atom stereocenters. The van der Waals surface area contributed by atoms with Crippen molar-refractivity contribution in [2.75, 3.05) is 0 Å². The molecule has 0 aliphatic heterocycles. The van der Waals surface area contributed by atoms with Gasteiger partial charge in [0.1, 0.15) is 5.60 Å². The molecule has 106 valence electrons. The lowest BCUT2D eigenvalue weighted by atomic mass is 10.2. The van der Waals surface area contributed by atoms with Crippen LogP contribution in [0.3, 0.4) is 0 Å². The number of aryl methyl sites for hydroxylation is 1. The Labute approximate surface area is 111 Å². The van der Waals surface area contributed by atoms with E-state index in [1.165, 1.54) is 10.9 Å². The van der Waals surface area contributed by atoms with Crippen LogP contribution in [0.4, 0.5) is 4.79 Å². The van der Waals surface area contributed by atoms with Gasteiger partial charge in [0.2, 0.25) is 0 Å². The third kappa shape index (κ3) is 4.27. The van der Waals surface area contributed by atoms with Crippen LogP contribution in [0.5, 0.6) is 0 Å². The van der Waals surface area contributed by atoms with E-state index in [-0.39, 0.29) is 0 Å². The molecule has 19 heavy (non-hydrogen) atoms. The summed E-state index contributed by atoms with van der Waals surface area (Å²) in [6.45, 7) is 7.47. The van der Waals surface area contributed by atoms with Gasteiger partial charge in [-0.15, -0.1) is 0 Å². The van der Waals surface area contributed by atoms with Crippen molar-refractivity contribution >= 4 is 12.1 Å². The van der Waals surface area contributed by atoms with Gasteiger partial charge in [-0.05, 0) is 33.8 Å². The SMILES string of the molecule is CCn1nccc1C(NC(=O)OC(C)(C)C)C(=O)O. The maximum Gasteiger partial charge on any atom is 0.408 e. The first-order chi connectivity index (χ1) is 8.74. The Morgan fingerprint density at radius 3 is 2.63 bits per heavy atom. The lowest BCUT2D eigenvalue weighted by molar-refractivity contribution is -0.139. The molecule has 2 N–H and O–H groups in total. The molecule has 7 nitrogen and oxygen atoms in total. The van der Waals surface area contributed by atoms with Crippen LogP contribution in [0.1, 0.15) is 39.4 Å². The molecule has 0 aliphatic carbocycles. The number of carboxylic acid groups (broad SMARTS) is 1. The van der Waals surface area contributed by atoms with Gasteiger partial charge < -0.3 is 15.2 Å². The highest BCUT2D eigenvalue weighted by molar-refractivity contribution is 5.81. The Morgan fingerprint density at radius 1 is 1.53 bits per heavy atom. The Morgan fingerprint density at radius 2 is 2.16 bits per heavy atom. The topological polar surface area (TPSA) is 93.5 Å². The predicted molar refractivity (Wildman–Crippen MR) is 67.6 cm³/mol. The molecule has 0 saturated carbocycles. The zero-order chi connectivity index (χ0) is 14.6. The van der Waals surface area contributed by atoms with E-state index in [0.717, 1.165) is 0 Å². The summed E-state index contributed by atoms with van der Waals surface area (Å²) in [4.78, 5) is 22.9. The molecule has 1 rings (SSSR count). The van der Waals surface area contributed by atoms with Gasteiger partial charge in [-0.2, -0.15) is 5.10 Å². The van der Waals surface area contributed by atoms with Gasteiger partial charge in [-0.3, -0.25) is 4.68 Å². The Bertz CT molecular complexity index is 462. The number of hydrogen-bond acceptors (Lipinski definition) is 4. The minimum absolute atomic E-state index is 0.404. The first-order valence-corrected chi connectivity index (χ1v) is 5.98. The smallest absolute Gasteiger partial charge is 0.408 e. The average molecular weight is 269 g/mol. The molecule has 7 heteroatoms. The van der Waals surface area contributed by atoms with E-state index >= 15 is 0 Å². The molecule has 1 amide bonds. The maximum atomic E-state index is 11.6. The van der Waals surface area contributed by atoms with Crippen LogP contribution >= 0.6 is 0 Å². The summed E-state index contributed by atoms with van der Waals surface area (Å²) in [5, 5.41) is 15.5. The van der Waals surface area contributed by atoms with Gasteiger partial charge >= 0.3 is 12.1 Å². The highest BCUT2D eigenvalue weighted by Gasteiger charge is 2.27. The number of carboxylic acids is 1. The second kappa shape index (κ2) is 5.73. The normalized spacial score (nSPS) is 12.8. The monoisotopic (exact) mass is 269 g/mol. The summed E-state index contributed by atoms with van der Waals surface area (Å²) in [5.41, 5.74) is -0.279. The zero-order valence-corrected chi connectivity index (χ0v) is 11.5. The van der Waals surface area contributed by atoms with Crippen LogP contribution in [-0.2, 0) is 16.1 Å². The highest BCUT2D eigenvalue weighted by atomic mass is 16.6. The molecular formula is C12H19N3O4. The maximum absolute atomic E-state index is 11.6. The van der Waals surface area contributed by atoms with Crippen LogP contribution < -0.4 is 5.32 Å². The van der Waals surface area contributed by atoms with E-state index in [1.54, 1.807) is 26.8 Å². The second-order valence-electron chi connectivity index (χ2n) is 4.99. The molecule has 0 fully saturated rings. The fraction of sp³-hybridized carbons (Fsp3) is 0.583. The van der Waals surface area contributed by atoms with Gasteiger partial charge in [0.15, 0.2) is 6.04 Å². The Balaban J connectivity index is 2.86. The largest absolute Gasteiger partial charge is 0.479 e. The minimum atomic E-state index is -1.18. The van der Waals surface area contributed by atoms with E-state index < -0.39 is 23.7 Å². The number of carbonyl (C=O) groups excluding carboxylic acids is 1. The highest BCUT2D eigenvalue weighted by Crippen LogP contribution is 2.14. The van der Waals surface area contributed by atoms with Crippen molar-refractivity contribution < 1.29 is 19.4 Å². The van der Waals surface area contributed by atoms with Crippen molar-refractivity contribution in [1.29, 1.82) is 0 Å². The molecule has 0 radical (unpaired) electrons. The van der Waals surface area contributed by atoms with E-state index in [0.29, 0.717) is 12.2 Å². The van der Waals surface area contributed by atoms with E-state index in [1.807, 2.05) is 6.92 Å². The zero-order valence-electron chi connectivity index (χ0n) is 11.5. The Hall–Kier alpha value is -2.05. The summed E-state index contributed by atoms with van der Waals surface area (Å²) in [5.74, 6) is -1.17. The molecular weight excluding hydrogens is 250 g/mol. The molecule has 1 unspecified atom stereocenters. The second-order valence-corrected chi connectivity index (χ2v) is 4.99. The van der Waals surface area contributed by atoms with Crippen LogP contribution in [0, 0.1) is 0 Å². The van der Waals surface area contributed by atoms with Crippen molar-refractivity contribution in [1.82, 2.24) is 15.1 Å². The number of ether oxygens (including phenoxy) is 1. The van der Waals surface area contributed by atoms with Crippen LogP contribution in [-0.4, -0.2) is 32.6 Å². The number of amides is 1. The van der Waals surface area contributed by atoms with Crippen molar-refractivity contribution in [2.24, 2.45) is 0 Å². The summed E-state index contributed by atoms with van der Waals surface area (Å²) < 4.78 is 6.56. The fourth-order valence-corrected chi connectivity index (χ4v) is 1.54. The first-order valence-electron chi connectivity index (χ1n) is 5.98. The molecule has 0 saturated heterocycles. The number of aliphatic carboxylic acids is 1. The predicted octanol–water partition coefficient (Wildman–Crippen LogP) is 1.55. The summed E-state index contributed by atoms with van der Waals surface area (Å²) in [6, 6.07) is 0.372. The van der Waals surface area contributed by atoms with E-state index in [2.05, 4.69) is 10.4 Å². The quantitative estimate of drug-likeness (QED) is 0.865. The van der Waals surface area contributed by atoms with Crippen molar-refractivity contribution in [3.63, 3.8) is 0 Å². The average Bonchev–Trinajstić information content (AvgIpc) is 2.70. The Kier molecular flexibility index (Phi) is 4.52. The molecule has 0 aromatic carbocycles. The number of hydrogen-bond donors (Lipinski definition) is 2. The van der Waals surface area contributed by atoms with Crippen molar-refractivity contribution in [3.8, 4) is 0 Å². The van der Waals surface area contributed by atoms with Gasteiger partial charge in [0, 0.05) is 12.7 Å². The van der Waals surface area contributed by atoms with Gasteiger partial charge in [0.05, 0.1) is 5.69 Å². The standard InChI is InChI=1S/C12H19N3O4/c1-5-15-8(6-7-13-15)9(10(16)17)14-11(18)19-12(2,3)4/h6-7,9H,5H2,1-4H3,(H,14,18)(H,16,17). The lowest BCUT2D eigenvalue weighted by Crippen LogP contribution is -2.39. The fourth-order valence-electron chi connectivity index (χ4n) is 1.54. The van der Waals surface area contributed by atoms with Crippen LogP contribution in [0.15, 0.2) is 12.3 Å². The number of aromatic nitrogens is 2. The third-order valence-corrected chi connectivity index (χ3v) is 2.25.